The van der Waals surface area contributed by atoms with E-state index < -0.39 is 0 Å². The van der Waals surface area contributed by atoms with Crippen LogP contribution in [0.1, 0.15) is 25.7 Å². The van der Waals surface area contributed by atoms with Crippen molar-refractivity contribution in [3.05, 3.63) is 12.4 Å². The van der Waals surface area contributed by atoms with E-state index in [1.54, 1.807) is 20.7 Å². The molecule has 1 aliphatic carbocycles. The topological polar surface area (TPSA) is 84.5 Å². The van der Waals surface area contributed by atoms with Crippen LogP contribution in [0.2, 0.25) is 0 Å². The van der Waals surface area contributed by atoms with Crippen LogP contribution in [0.4, 0.5) is 5.69 Å². The van der Waals surface area contributed by atoms with Gasteiger partial charge in [0.1, 0.15) is 6.54 Å². The molecule has 2 aliphatic rings. The number of hydrogen-bond acceptors (Lipinski definition) is 4. The van der Waals surface area contributed by atoms with Crippen molar-refractivity contribution < 1.29 is 9.59 Å². The summed E-state index contributed by atoms with van der Waals surface area (Å²) >= 11 is 0. The van der Waals surface area contributed by atoms with Crippen molar-refractivity contribution in [1.82, 2.24) is 14.7 Å². The molecule has 2 amide bonds. The minimum Gasteiger partial charge on any atom is -0.331 e. The number of aryl methyl sites for hydroxylation is 1. The quantitative estimate of drug-likeness (QED) is 0.840. The molecular weight excluding hydrogens is 282 g/mol. The lowest BCUT2D eigenvalue weighted by atomic mass is 9.85. The predicted octanol–water partition coefficient (Wildman–Crippen LogP) is 0.113. The van der Waals surface area contributed by atoms with Gasteiger partial charge in [0, 0.05) is 38.3 Å². The summed E-state index contributed by atoms with van der Waals surface area (Å²) in [7, 11) is 1.82. The third-order valence-corrected chi connectivity index (χ3v) is 4.60. The average Bonchev–Trinajstić information content (AvgIpc) is 2.92. The van der Waals surface area contributed by atoms with E-state index in [-0.39, 0.29) is 30.3 Å². The molecular formula is C15H23N5O2. The lowest BCUT2D eigenvalue weighted by Crippen LogP contribution is -2.54. The number of nitrogens with zero attached hydrogens (tertiary/aromatic N) is 4. The lowest BCUT2D eigenvalue weighted by molar-refractivity contribution is -0.141. The smallest absolute Gasteiger partial charge is 0.246 e. The minimum atomic E-state index is -0.0484. The molecule has 120 valence electrons. The monoisotopic (exact) mass is 305 g/mol. The number of nitrogens with two attached hydrogens (primary N) is 1. The van der Waals surface area contributed by atoms with Gasteiger partial charge in [-0.15, -0.1) is 0 Å². The maximum absolute atomic E-state index is 12.6. The summed E-state index contributed by atoms with van der Waals surface area (Å²) in [5, 5.41) is 4.09. The Hall–Kier alpha value is -1.89. The fraction of sp³-hybridized carbons (Fsp3) is 0.667. The van der Waals surface area contributed by atoms with Gasteiger partial charge in [-0.25, -0.2) is 0 Å². The average molecular weight is 305 g/mol. The summed E-state index contributed by atoms with van der Waals surface area (Å²) in [6, 6.07) is 0.120. The van der Waals surface area contributed by atoms with Crippen molar-refractivity contribution in [3.63, 3.8) is 0 Å². The Morgan fingerprint density at radius 1 is 1.36 bits per heavy atom. The zero-order valence-electron chi connectivity index (χ0n) is 12.9. The van der Waals surface area contributed by atoms with Gasteiger partial charge in [-0.2, -0.15) is 5.10 Å². The van der Waals surface area contributed by atoms with Gasteiger partial charge < -0.3 is 15.5 Å². The number of piperazine rings is 1. The number of carbonyl (C=O) groups excluding carboxylic acids is 2. The van der Waals surface area contributed by atoms with E-state index in [0.29, 0.717) is 13.1 Å². The second-order valence-corrected chi connectivity index (χ2v) is 6.30. The summed E-state index contributed by atoms with van der Waals surface area (Å²) in [5.41, 5.74) is 6.76. The van der Waals surface area contributed by atoms with E-state index in [0.717, 1.165) is 31.4 Å². The molecule has 22 heavy (non-hydrogen) atoms. The predicted molar refractivity (Wildman–Crippen MR) is 82.1 cm³/mol. The molecule has 0 radical (unpaired) electrons. The highest BCUT2D eigenvalue weighted by Gasteiger charge is 2.33. The van der Waals surface area contributed by atoms with Gasteiger partial charge in [0.05, 0.1) is 11.9 Å². The van der Waals surface area contributed by atoms with E-state index >= 15 is 0 Å². The summed E-state index contributed by atoms with van der Waals surface area (Å²) in [6.45, 7) is 1.25. The molecule has 2 N–H and O–H groups in total. The Balaban J connectivity index is 1.62. The molecule has 3 rings (SSSR count). The summed E-state index contributed by atoms with van der Waals surface area (Å²) in [6.07, 6.45) is 7.13. The molecule has 2 atom stereocenters. The highest BCUT2D eigenvalue weighted by atomic mass is 16.2. The van der Waals surface area contributed by atoms with Crippen LogP contribution in [0.3, 0.4) is 0 Å². The molecule has 1 saturated heterocycles. The maximum Gasteiger partial charge on any atom is 0.246 e. The van der Waals surface area contributed by atoms with E-state index in [4.69, 9.17) is 5.73 Å². The van der Waals surface area contributed by atoms with E-state index in [9.17, 15) is 9.59 Å². The van der Waals surface area contributed by atoms with Crippen LogP contribution in [0.15, 0.2) is 12.4 Å². The zero-order valence-corrected chi connectivity index (χ0v) is 12.9. The normalized spacial score (nSPS) is 26.4. The van der Waals surface area contributed by atoms with E-state index in [1.807, 2.05) is 13.2 Å². The third kappa shape index (κ3) is 2.99. The van der Waals surface area contributed by atoms with Crippen molar-refractivity contribution in [2.75, 3.05) is 24.5 Å². The number of rotatable bonds is 2. The maximum atomic E-state index is 12.6. The van der Waals surface area contributed by atoms with Crippen LogP contribution in [0, 0.1) is 5.92 Å². The van der Waals surface area contributed by atoms with Gasteiger partial charge in [0.15, 0.2) is 0 Å². The van der Waals surface area contributed by atoms with Crippen molar-refractivity contribution in [1.29, 1.82) is 0 Å². The first kappa shape index (κ1) is 15.0. The van der Waals surface area contributed by atoms with Gasteiger partial charge >= 0.3 is 0 Å². The first-order valence-electron chi connectivity index (χ1n) is 7.88. The number of carbonyl (C=O) groups is 2. The molecule has 0 spiro atoms. The second-order valence-electron chi connectivity index (χ2n) is 6.30. The van der Waals surface area contributed by atoms with Crippen molar-refractivity contribution in [2.45, 2.75) is 31.7 Å². The van der Waals surface area contributed by atoms with Gasteiger partial charge in [-0.1, -0.05) is 6.42 Å². The third-order valence-electron chi connectivity index (χ3n) is 4.60. The minimum absolute atomic E-state index is 0.0125. The Bertz CT molecular complexity index is 570. The largest absolute Gasteiger partial charge is 0.331 e. The molecule has 7 heteroatoms. The molecule has 1 aromatic heterocycles. The first-order chi connectivity index (χ1) is 10.5. The van der Waals surface area contributed by atoms with Crippen LogP contribution >= 0.6 is 0 Å². The summed E-state index contributed by atoms with van der Waals surface area (Å²) in [5.74, 6) is 0.0311. The number of aromatic nitrogens is 2. The van der Waals surface area contributed by atoms with Crippen LogP contribution in [0.5, 0.6) is 0 Å². The van der Waals surface area contributed by atoms with Crippen LogP contribution in [-0.4, -0.2) is 52.2 Å². The molecule has 0 unspecified atom stereocenters. The van der Waals surface area contributed by atoms with Gasteiger partial charge in [-0.3, -0.25) is 14.3 Å². The Morgan fingerprint density at radius 2 is 2.18 bits per heavy atom. The molecule has 1 saturated carbocycles. The number of anilines is 1. The molecule has 2 heterocycles. The van der Waals surface area contributed by atoms with Gasteiger partial charge in [-0.05, 0) is 19.3 Å². The van der Waals surface area contributed by atoms with E-state index in [2.05, 4.69) is 5.10 Å². The number of hydrogen-bond donors (Lipinski definition) is 1. The molecule has 1 aromatic rings. The van der Waals surface area contributed by atoms with Crippen LogP contribution in [-0.2, 0) is 16.6 Å². The van der Waals surface area contributed by atoms with E-state index in [1.165, 1.54) is 0 Å². The summed E-state index contributed by atoms with van der Waals surface area (Å²) in [4.78, 5) is 28.3. The lowest BCUT2D eigenvalue weighted by Gasteiger charge is -2.36. The van der Waals surface area contributed by atoms with Crippen LogP contribution in [0.25, 0.3) is 0 Å². The molecule has 7 nitrogen and oxygen atoms in total. The standard InChI is InChI=1S/C15H23N5O2/c1-18-9-13(8-17-18)20-6-5-19(10-14(20)21)15(22)11-3-2-4-12(16)7-11/h8-9,11-12H,2-7,10,16H2,1H3/t11-,12-/m0/s1. The number of amides is 2. The van der Waals surface area contributed by atoms with Crippen molar-refractivity contribution >= 4 is 17.5 Å². The highest BCUT2D eigenvalue weighted by Crippen LogP contribution is 2.26. The Labute approximate surface area is 130 Å². The second kappa shape index (κ2) is 6.08. The Kier molecular flexibility index (Phi) is 4.15. The molecule has 1 aliphatic heterocycles. The molecule has 0 aromatic carbocycles. The van der Waals surface area contributed by atoms with Gasteiger partial charge in [0.2, 0.25) is 11.8 Å². The van der Waals surface area contributed by atoms with Crippen molar-refractivity contribution in [3.8, 4) is 0 Å². The fourth-order valence-electron chi connectivity index (χ4n) is 3.39. The molecule has 0 bridgehead atoms. The SMILES string of the molecule is Cn1cc(N2CCN(C(=O)[C@H]3CCC[C@H](N)C3)CC2=O)cn1. The highest BCUT2D eigenvalue weighted by molar-refractivity contribution is 5.98. The Morgan fingerprint density at radius 3 is 2.82 bits per heavy atom. The molecule has 2 fully saturated rings. The van der Waals surface area contributed by atoms with Crippen LogP contribution < -0.4 is 10.6 Å². The van der Waals surface area contributed by atoms with Gasteiger partial charge in [0.25, 0.3) is 0 Å². The summed E-state index contributed by atoms with van der Waals surface area (Å²) < 4.78 is 1.67. The first-order valence-corrected chi connectivity index (χ1v) is 7.88. The zero-order chi connectivity index (χ0) is 15.7. The van der Waals surface area contributed by atoms with Crippen molar-refractivity contribution in [2.24, 2.45) is 18.7 Å². The fourth-order valence-corrected chi connectivity index (χ4v) is 3.39.